The molecule has 0 fully saturated rings. The normalized spacial score (nSPS) is 9.94. The van der Waals surface area contributed by atoms with E-state index in [1.54, 1.807) is 6.92 Å². The molecule has 0 saturated carbocycles. The van der Waals surface area contributed by atoms with Gasteiger partial charge in [0.1, 0.15) is 11.4 Å². The number of nitro groups is 1. The van der Waals surface area contributed by atoms with Gasteiger partial charge in [-0.15, -0.1) is 0 Å². The van der Waals surface area contributed by atoms with Gasteiger partial charge in [0.05, 0.1) is 11.5 Å². The monoisotopic (exact) mass is 247 g/mol. The molecular weight excluding hydrogens is 241 g/mol. The number of carbonyl (C=O) groups excluding carboxylic acids is 1. The molecule has 0 aliphatic heterocycles. The number of esters is 1. The van der Waals surface area contributed by atoms with Gasteiger partial charge in [-0.25, -0.2) is 9.18 Å². The molecule has 0 amide bonds. The van der Waals surface area contributed by atoms with Crippen LogP contribution < -0.4 is 0 Å². The highest BCUT2D eigenvalue weighted by Gasteiger charge is 2.27. The Labute approximate surface area is 94.9 Å². The first-order valence-corrected chi connectivity index (χ1v) is 4.66. The lowest BCUT2D eigenvalue weighted by Crippen LogP contribution is -2.08. The van der Waals surface area contributed by atoms with Gasteiger partial charge < -0.3 is 4.74 Å². The maximum Gasteiger partial charge on any atom is 0.345 e. The van der Waals surface area contributed by atoms with E-state index in [1.165, 1.54) is 0 Å². The smallest absolute Gasteiger partial charge is 0.345 e. The second-order valence-corrected chi connectivity index (χ2v) is 3.11. The van der Waals surface area contributed by atoms with Gasteiger partial charge in [0.15, 0.2) is 5.02 Å². The van der Waals surface area contributed by atoms with Gasteiger partial charge in [0.25, 0.3) is 0 Å². The average molecular weight is 248 g/mol. The number of hydrogen-bond donors (Lipinski definition) is 0. The fraction of sp³-hybridized carbons (Fsp3) is 0.222. The standard InChI is InChI=1S/C9H7ClFNO4/c1-2-16-9(13)5-3-4-6(11)7(10)8(5)12(14)15/h3-4H,2H2,1H3. The molecule has 86 valence electrons. The zero-order valence-corrected chi connectivity index (χ0v) is 8.95. The summed E-state index contributed by atoms with van der Waals surface area (Å²) in [5, 5.41) is 9.95. The van der Waals surface area contributed by atoms with E-state index in [0.29, 0.717) is 0 Å². The summed E-state index contributed by atoms with van der Waals surface area (Å²) in [5.41, 5.74) is -1.14. The molecule has 0 spiro atoms. The number of hydrogen-bond acceptors (Lipinski definition) is 4. The summed E-state index contributed by atoms with van der Waals surface area (Å²) < 4.78 is 17.6. The van der Waals surface area contributed by atoms with Gasteiger partial charge in [-0.1, -0.05) is 11.6 Å². The van der Waals surface area contributed by atoms with Crippen molar-refractivity contribution in [3.8, 4) is 0 Å². The maximum absolute atomic E-state index is 13.0. The summed E-state index contributed by atoms with van der Waals surface area (Å²) in [6.45, 7) is 1.61. The van der Waals surface area contributed by atoms with E-state index in [9.17, 15) is 19.3 Å². The first kappa shape index (κ1) is 12.4. The Bertz CT molecular complexity index is 449. The largest absolute Gasteiger partial charge is 0.462 e. The van der Waals surface area contributed by atoms with Crippen LogP contribution in [0.25, 0.3) is 0 Å². The lowest BCUT2D eigenvalue weighted by molar-refractivity contribution is -0.385. The quantitative estimate of drug-likeness (QED) is 0.468. The summed E-state index contributed by atoms with van der Waals surface area (Å²) in [6, 6.07) is 1.85. The molecule has 1 rings (SSSR count). The summed E-state index contributed by atoms with van der Waals surface area (Å²) >= 11 is 5.41. The number of halogens is 2. The zero-order valence-electron chi connectivity index (χ0n) is 8.20. The minimum absolute atomic E-state index is 0.0605. The number of nitro benzene ring substituents is 1. The molecule has 0 aromatic heterocycles. The minimum atomic E-state index is -0.957. The first-order valence-electron chi connectivity index (χ1n) is 4.28. The van der Waals surface area contributed by atoms with Gasteiger partial charge in [0.2, 0.25) is 0 Å². The van der Waals surface area contributed by atoms with Crippen LogP contribution in [0.4, 0.5) is 10.1 Å². The van der Waals surface area contributed by atoms with Crippen LogP contribution in [0.1, 0.15) is 17.3 Å². The van der Waals surface area contributed by atoms with Crippen molar-refractivity contribution in [2.45, 2.75) is 6.92 Å². The molecule has 7 heteroatoms. The molecule has 0 aliphatic carbocycles. The number of benzene rings is 1. The summed E-state index contributed by atoms with van der Waals surface area (Å²) in [6.07, 6.45) is 0. The third-order valence-corrected chi connectivity index (χ3v) is 2.11. The Hall–Kier alpha value is -1.69. The SMILES string of the molecule is CCOC(=O)c1ccc(F)c(Cl)c1[N+](=O)[O-]. The number of carbonyl (C=O) groups is 1. The fourth-order valence-electron chi connectivity index (χ4n) is 1.09. The highest BCUT2D eigenvalue weighted by Crippen LogP contribution is 2.31. The third kappa shape index (κ3) is 2.27. The molecule has 0 atom stereocenters. The minimum Gasteiger partial charge on any atom is -0.462 e. The van der Waals surface area contributed by atoms with Gasteiger partial charge in [0, 0.05) is 0 Å². The van der Waals surface area contributed by atoms with Crippen molar-refractivity contribution in [3.63, 3.8) is 0 Å². The average Bonchev–Trinajstić information content (AvgIpc) is 2.21. The van der Waals surface area contributed by atoms with Crippen molar-refractivity contribution in [2.75, 3.05) is 6.61 Å². The Kier molecular flexibility index (Phi) is 3.78. The third-order valence-electron chi connectivity index (χ3n) is 1.75. The van der Waals surface area contributed by atoms with Crippen molar-refractivity contribution in [1.82, 2.24) is 0 Å². The topological polar surface area (TPSA) is 69.4 Å². The highest BCUT2D eigenvalue weighted by atomic mass is 35.5. The maximum atomic E-state index is 13.0. The lowest BCUT2D eigenvalue weighted by Gasteiger charge is -2.04. The molecule has 5 nitrogen and oxygen atoms in total. The summed E-state index contributed by atoms with van der Waals surface area (Å²) in [5.74, 6) is -1.86. The lowest BCUT2D eigenvalue weighted by atomic mass is 10.2. The van der Waals surface area contributed by atoms with Crippen LogP contribution in [0.5, 0.6) is 0 Å². The van der Waals surface area contributed by atoms with E-state index in [-0.39, 0.29) is 12.2 Å². The van der Waals surface area contributed by atoms with Crippen LogP contribution in [0.3, 0.4) is 0 Å². The van der Waals surface area contributed by atoms with Gasteiger partial charge in [-0.05, 0) is 19.1 Å². The molecule has 0 bridgehead atoms. The molecule has 16 heavy (non-hydrogen) atoms. The summed E-state index contributed by atoms with van der Waals surface area (Å²) in [7, 11) is 0. The van der Waals surface area contributed by atoms with Crippen molar-refractivity contribution in [2.24, 2.45) is 0 Å². The summed E-state index contributed by atoms with van der Waals surface area (Å²) in [4.78, 5) is 21.1. The van der Waals surface area contributed by atoms with Crippen LogP contribution in [0.15, 0.2) is 12.1 Å². The predicted octanol–water partition coefficient (Wildman–Crippen LogP) is 2.56. The molecular formula is C9H7ClFNO4. The van der Waals surface area contributed by atoms with E-state index in [2.05, 4.69) is 4.74 Å². The van der Waals surface area contributed by atoms with E-state index in [0.717, 1.165) is 12.1 Å². The number of nitrogens with zero attached hydrogens (tertiary/aromatic N) is 1. The van der Waals surface area contributed by atoms with Gasteiger partial charge in [-0.3, -0.25) is 10.1 Å². The van der Waals surface area contributed by atoms with Gasteiger partial charge in [-0.2, -0.15) is 0 Å². The van der Waals surface area contributed by atoms with Crippen LogP contribution in [0.2, 0.25) is 5.02 Å². The second-order valence-electron chi connectivity index (χ2n) is 2.74. The van der Waals surface area contributed by atoms with Gasteiger partial charge >= 0.3 is 11.7 Å². The van der Waals surface area contributed by atoms with Crippen molar-refractivity contribution < 1.29 is 18.8 Å². The zero-order chi connectivity index (χ0) is 12.3. The molecule has 0 saturated heterocycles. The molecule has 0 aliphatic rings. The first-order chi connectivity index (χ1) is 7.49. The molecule has 0 radical (unpaired) electrons. The van der Waals surface area contributed by atoms with Crippen molar-refractivity contribution in [3.05, 3.63) is 38.7 Å². The number of rotatable bonds is 3. The molecule has 0 unspecified atom stereocenters. The van der Waals surface area contributed by atoms with E-state index >= 15 is 0 Å². The second kappa shape index (κ2) is 4.89. The molecule has 1 aromatic rings. The Morgan fingerprint density at radius 1 is 1.62 bits per heavy atom. The molecule has 1 aromatic carbocycles. The Balaban J connectivity index is 3.34. The van der Waals surface area contributed by atoms with E-state index in [1.807, 2.05) is 0 Å². The fourth-order valence-corrected chi connectivity index (χ4v) is 1.33. The number of ether oxygens (including phenoxy) is 1. The molecule has 0 heterocycles. The van der Waals surface area contributed by atoms with Crippen molar-refractivity contribution >= 4 is 23.3 Å². The predicted molar refractivity (Wildman–Crippen MR) is 54.0 cm³/mol. The van der Waals surface area contributed by atoms with E-state index < -0.39 is 27.4 Å². The molecule has 0 N–H and O–H groups in total. The van der Waals surface area contributed by atoms with Crippen LogP contribution in [0, 0.1) is 15.9 Å². The Morgan fingerprint density at radius 2 is 2.25 bits per heavy atom. The highest BCUT2D eigenvalue weighted by molar-refractivity contribution is 6.33. The van der Waals surface area contributed by atoms with E-state index in [4.69, 9.17) is 11.6 Å². The van der Waals surface area contributed by atoms with Crippen LogP contribution >= 0.6 is 11.6 Å². The Morgan fingerprint density at radius 3 is 2.75 bits per heavy atom. The van der Waals surface area contributed by atoms with Crippen molar-refractivity contribution in [1.29, 1.82) is 0 Å². The van der Waals surface area contributed by atoms with Crippen LogP contribution in [-0.2, 0) is 4.74 Å². The van der Waals surface area contributed by atoms with Crippen LogP contribution in [-0.4, -0.2) is 17.5 Å².